The summed E-state index contributed by atoms with van der Waals surface area (Å²) in [4.78, 5) is 16.3. The Kier molecular flexibility index (Phi) is 4.72. The van der Waals surface area contributed by atoms with Crippen molar-refractivity contribution >= 4 is 29.3 Å². The van der Waals surface area contributed by atoms with E-state index in [9.17, 15) is 4.79 Å². The third-order valence-electron chi connectivity index (χ3n) is 3.24. The Labute approximate surface area is 144 Å². The predicted molar refractivity (Wildman–Crippen MR) is 93.6 cm³/mol. The third kappa shape index (κ3) is 3.88. The molecule has 0 atom stereocenters. The molecule has 0 aliphatic rings. The van der Waals surface area contributed by atoms with Crippen LogP contribution in [0, 0.1) is 6.92 Å². The molecular formula is C18H14ClN3O2. The van der Waals surface area contributed by atoms with Crippen LogP contribution in [0.25, 0.3) is 17.5 Å². The molecular weight excluding hydrogens is 326 g/mol. The lowest BCUT2D eigenvalue weighted by molar-refractivity contribution is -0.111. The summed E-state index contributed by atoms with van der Waals surface area (Å²) in [6.45, 7) is 1.74. The predicted octanol–water partition coefficient (Wildman–Crippen LogP) is 4.35. The molecule has 0 saturated carbocycles. The van der Waals surface area contributed by atoms with Gasteiger partial charge in [-0.2, -0.15) is 4.98 Å². The molecule has 3 aromatic rings. The van der Waals surface area contributed by atoms with Crippen molar-refractivity contribution in [3.8, 4) is 11.5 Å². The fraction of sp³-hybridized carbons (Fsp3) is 0.0556. The van der Waals surface area contributed by atoms with Crippen LogP contribution in [0.5, 0.6) is 0 Å². The quantitative estimate of drug-likeness (QED) is 0.717. The Morgan fingerprint density at radius 1 is 1.17 bits per heavy atom. The number of para-hydroxylation sites is 1. The summed E-state index contributed by atoms with van der Waals surface area (Å²) in [5, 5.41) is 7.25. The first-order valence-corrected chi connectivity index (χ1v) is 7.64. The molecule has 0 aliphatic heterocycles. The van der Waals surface area contributed by atoms with Gasteiger partial charge >= 0.3 is 0 Å². The molecule has 0 fully saturated rings. The fourth-order valence-corrected chi connectivity index (χ4v) is 2.23. The first kappa shape index (κ1) is 16.0. The molecule has 120 valence electrons. The summed E-state index contributed by atoms with van der Waals surface area (Å²) in [5.74, 6) is 0.646. The molecule has 0 spiro atoms. The number of anilines is 1. The minimum atomic E-state index is -0.256. The lowest BCUT2D eigenvalue weighted by Crippen LogP contribution is -2.08. The van der Waals surface area contributed by atoms with E-state index in [0.717, 1.165) is 5.56 Å². The van der Waals surface area contributed by atoms with Crippen LogP contribution in [0.4, 0.5) is 5.69 Å². The van der Waals surface area contributed by atoms with E-state index in [1.165, 1.54) is 6.08 Å². The van der Waals surface area contributed by atoms with Gasteiger partial charge in [-0.05, 0) is 42.8 Å². The number of halogens is 1. The highest BCUT2D eigenvalue weighted by molar-refractivity contribution is 6.30. The minimum Gasteiger partial charge on any atom is -0.334 e. The highest BCUT2D eigenvalue weighted by Crippen LogP contribution is 2.26. The maximum atomic E-state index is 12.2. The molecule has 0 aliphatic carbocycles. The standard InChI is InChI=1S/C18H14ClN3O2/c1-12-20-18(24-22-12)15-4-2-3-5-16(15)21-17(23)11-8-13-6-9-14(19)10-7-13/h2-11H,1H3,(H,21,23). The number of hydrogen-bond acceptors (Lipinski definition) is 4. The molecule has 1 amide bonds. The van der Waals surface area contributed by atoms with E-state index >= 15 is 0 Å². The number of carbonyl (C=O) groups is 1. The van der Waals surface area contributed by atoms with Gasteiger partial charge in [0.1, 0.15) is 0 Å². The molecule has 2 aromatic carbocycles. The maximum Gasteiger partial charge on any atom is 0.260 e. The Hall–Kier alpha value is -2.92. The van der Waals surface area contributed by atoms with Crippen molar-refractivity contribution in [1.29, 1.82) is 0 Å². The highest BCUT2D eigenvalue weighted by atomic mass is 35.5. The van der Waals surface area contributed by atoms with Crippen LogP contribution in [-0.2, 0) is 4.79 Å². The number of amides is 1. The molecule has 0 unspecified atom stereocenters. The number of nitrogens with one attached hydrogen (secondary N) is 1. The van der Waals surface area contributed by atoms with E-state index < -0.39 is 0 Å². The summed E-state index contributed by atoms with van der Waals surface area (Å²) in [7, 11) is 0. The van der Waals surface area contributed by atoms with Gasteiger partial charge < -0.3 is 9.84 Å². The molecule has 1 heterocycles. The third-order valence-corrected chi connectivity index (χ3v) is 3.49. The Morgan fingerprint density at radius 3 is 2.62 bits per heavy atom. The second-order valence-electron chi connectivity index (χ2n) is 5.07. The topological polar surface area (TPSA) is 68.0 Å². The van der Waals surface area contributed by atoms with Crippen LogP contribution < -0.4 is 5.32 Å². The zero-order chi connectivity index (χ0) is 16.9. The zero-order valence-corrected chi connectivity index (χ0v) is 13.6. The second kappa shape index (κ2) is 7.10. The van der Waals surface area contributed by atoms with Crippen molar-refractivity contribution < 1.29 is 9.32 Å². The highest BCUT2D eigenvalue weighted by Gasteiger charge is 2.12. The molecule has 6 heteroatoms. The van der Waals surface area contributed by atoms with E-state index in [4.69, 9.17) is 16.1 Å². The van der Waals surface area contributed by atoms with Gasteiger partial charge in [-0.15, -0.1) is 0 Å². The van der Waals surface area contributed by atoms with Crippen LogP contribution in [-0.4, -0.2) is 16.0 Å². The lowest BCUT2D eigenvalue weighted by Gasteiger charge is -2.06. The molecule has 1 aromatic heterocycles. The first-order valence-electron chi connectivity index (χ1n) is 7.26. The van der Waals surface area contributed by atoms with Gasteiger partial charge in [0.25, 0.3) is 5.89 Å². The van der Waals surface area contributed by atoms with Crippen LogP contribution in [0.15, 0.2) is 59.1 Å². The molecule has 0 saturated heterocycles. The monoisotopic (exact) mass is 339 g/mol. The normalized spacial score (nSPS) is 10.9. The van der Waals surface area contributed by atoms with Gasteiger partial charge in [0.05, 0.1) is 11.3 Å². The van der Waals surface area contributed by atoms with Gasteiger partial charge in [0.2, 0.25) is 5.91 Å². The summed E-state index contributed by atoms with van der Waals surface area (Å²) in [6, 6.07) is 14.5. The number of carbonyl (C=O) groups excluding carboxylic acids is 1. The number of rotatable bonds is 4. The van der Waals surface area contributed by atoms with Gasteiger partial charge in [-0.3, -0.25) is 4.79 Å². The summed E-state index contributed by atoms with van der Waals surface area (Å²) in [5.41, 5.74) is 2.16. The van der Waals surface area contributed by atoms with Gasteiger partial charge in [-0.25, -0.2) is 0 Å². The summed E-state index contributed by atoms with van der Waals surface area (Å²) < 4.78 is 5.17. The Bertz CT molecular complexity index is 885. The fourth-order valence-electron chi connectivity index (χ4n) is 2.11. The van der Waals surface area contributed by atoms with E-state index in [1.54, 1.807) is 31.2 Å². The number of aryl methyl sites for hydroxylation is 1. The number of aromatic nitrogens is 2. The number of benzene rings is 2. The molecule has 24 heavy (non-hydrogen) atoms. The van der Waals surface area contributed by atoms with Crippen LogP contribution in [0.2, 0.25) is 5.02 Å². The van der Waals surface area contributed by atoms with Crippen molar-refractivity contribution in [3.63, 3.8) is 0 Å². The summed E-state index contributed by atoms with van der Waals surface area (Å²) >= 11 is 5.84. The van der Waals surface area contributed by atoms with Crippen LogP contribution >= 0.6 is 11.6 Å². The van der Waals surface area contributed by atoms with Crippen molar-refractivity contribution in [3.05, 3.63) is 71.0 Å². The SMILES string of the molecule is Cc1noc(-c2ccccc2NC(=O)C=Cc2ccc(Cl)cc2)n1. The smallest absolute Gasteiger partial charge is 0.260 e. The van der Waals surface area contributed by atoms with Crippen LogP contribution in [0.1, 0.15) is 11.4 Å². The largest absolute Gasteiger partial charge is 0.334 e. The van der Waals surface area contributed by atoms with E-state index in [0.29, 0.717) is 28.0 Å². The van der Waals surface area contributed by atoms with Crippen LogP contribution in [0.3, 0.4) is 0 Å². The van der Waals surface area contributed by atoms with Crippen molar-refractivity contribution in [2.45, 2.75) is 6.92 Å². The molecule has 0 bridgehead atoms. The van der Waals surface area contributed by atoms with Crippen molar-refractivity contribution in [2.24, 2.45) is 0 Å². The lowest BCUT2D eigenvalue weighted by atomic mass is 10.1. The molecule has 5 nitrogen and oxygen atoms in total. The minimum absolute atomic E-state index is 0.256. The zero-order valence-electron chi connectivity index (χ0n) is 12.9. The summed E-state index contributed by atoms with van der Waals surface area (Å²) in [6.07, 6.45) is 3.17. The molecule has 3 rings (SSSR count). The maximum absolute atomic E-state index is 12.2. The van der Waals surface area contributed by atoms with E-state index in [-0.39, 0.29) is 5.91 Å². The molecule has 0 radical (unpaired) electrons. The van der Waals surface area contributed by atoms with Gasteiger partial charge in [-0.1, -0.05) is 41.0 Å². The number of nitrogens with zero attached hydrogens (tertiary/aromatic N) is 2. The van der Waals surface area contributed by atoms with E-state index in [1.807, 2.05) is 30.3 Å². The average Bonchev–Trinajstić information content (AvgIpc) is 3.01. The van der Waals surface area contributed by atoms with Crippen molar-refractivity contribution in [2.75, 3.05) is 5.32 Å². The van der Waals surface area contributed by atoms with Gasteiger partial charge in [0, 0.05) is 11.1 Å². The number of hydrogen-bond donors (Lipinski definition) is 1. The van der Waals surface area contributed by atoms with Crippen molar-refractivity contribution in [1.82, 2.24) is 10.1 Å². The van der Waals surface area contributed by atoms with Gasteiger partial charge in [0.15, 0.2) is 5.82 Å². The van der Waals surface area contributed by atoms with E-state index in [2.05, 4.69) is 15.5 Å². The first-order chi connectivity index (χ1) is 11.6. The Morgan fingerprint density at radius 2 is 1.92 bits per heavy atom. The average molecular weight is 340 g/mol. The Balaban J connectivity index is 1.76. The second-order valence-corrected chi connectivity index (χ2v) is 5.50. The molecule has 1 N–H and O–H groups in total.